The lowest BCUT2D eigenvalue weighted by Gasteiger charge is -2.21. The summed E-state index contributed by atoms with van der Waals surface area (Å²) >= 11 is 0. The molecule has 33 heavy (non-hydrogen) atoms. The molecule has 8 nitrogen and oxygen atoms in total. The number of hydrogen-bond acceptors (Lipinski definition) is 7. The zero-order valence-electron chi connectivity index (χ0n) is 19.2. The van der Waals surface area contributed by atoms with Crippen molar-refractivity contribution in [3.63, 3.8) is 0 Å². The van der Waals surface area contributed by atoms with Gasteiger partial charge in [0.05, 0.1) is 12.1 Å². The molecule has 0 radical (unpaired) electrons. The van der Waals surface area contributed by atoms with Gasteiger partial charge < -0.3 is 14.8 Å². The molecule has 2 atom stereocenters. The summed E-state index contributed by atoms with van der Waals surface area (Å²) in [4.78, 5) is 27.2. The fourth-order valence-electron chi connectivity index (χ4n) is 3.81. The van der Waals surface area contributed by atoms with E-state index >= 15 is 0 Å². The highest BCUT2D eigenvalue weighted by Crippen LogP contribution is 2.28. The molecule has 1 amide bonds. The topological polar surface area (TPSA) is 89.5 Å². The number of anilines is 2. The summed E-state index contributed by atoms with van der Waals surface area (Å²) in [5.74, 6) is 2.87. The molecule has 1 aliphatic rings. The SMILES string of the molecule is CCC[C@H](Nc1nc(C)nc(N2C(=O)OC[C@@H]2CC)n1)c1ccc(Oc2ccccc2)cc1. The van der Waals surface area contributed by atoms with Crippen LogP contribution in [0.5, 0.6) is 11.5 Å². The van der Waals surface area contributed by atoms with Gasteiger partial charge in [0.1, 0.15) is 23.9 Å². The summed E-state index contributed by atoms with van der Waals surface area (Å²) < 4.78 is 11.1. The Labute approximate surface area is 194 Å². The predicted molar refractivity (Wildman–Crippen MR) is 127 cm³/mol. The highest BCUT2D eigenvalue weighted by molar-refractivity contribution is 5.88. The zero-order valence-corrected chi connectivity index (χ0v) is 19.2. The maximum atomic E-state index is 12.2. The van der Waals surface area contributed by atoms with E-state index in [4.69, 9.17) is 9.47 Å². The monoisotopic (exact) mass is 447 g/mol. The van der Waals surface area contributed by atoms with Crippen molar-refractivity contribution < 1.29 is 14.3 Å². The smallest absolute Gasteiger partial charge is 0.417 e. The molecule has 2 aromatic carbocycles. The summed E-state index contributed by atoms with van der Waals surface area (Å²) in [6.45, 7) is 6.29. The lowest BCUT2D eigenvalue weighted by atomic mass is 10.0. The Hall–Kier alpha value is -3.68. The molecule has 4 rings (SSSR count). The normalized spacial score (nSPS) is 16.4. The molecule has 172 valence electrons. The third kappa shape index (κ3) is 5.39. The average molecular weight is 448 g/mol. The Morgan fingerprint density at radius 2 is 1.79 bits per heavy atom. The number of rotatable bonds is 9. The maximum absolute atomic E-state index is 12.2. The number of cyclic esters (lactones) is 1. The van der Waals surface area contributed by atoms with Crippen LogP contribution in [-0.2, 0) is 4.74 Å². The standard InChI is InChI=1S/C25H29N5O3/c1-4-9-22(18-12-14-21(15-13-18)33-20-10-7-6-8-11-20)28-23-26-17(3)27-24(29-23)30-19(5-2)16-32-25(30)31/h6-8,10-15,19,22H,4-5,9,16H2,1-3H3,(H,26,27,28,29)/t19-,22-/m0/s1. The van der Waals surface area contributed by atoms with Gasteiger partial charge in [-0.1, -0.05) is 50.6 Å². The number of aromatic nitrogens is 3. The minimum Gasteiger partial charge on any atom is -0.457 e. The number of aryl methyl sites for hydroxylation is 1. The summed E-state index contributed by atoms with van der Waals surface area (Å²) in [5, 5.41) is 3.44. The summed E-state index contributed by atoms with van der Waals surface area (Å²) in [5.41, 5.74) is 1.10. The molecule has 8 heteroatoms. The first-order valence-electron chi connectivity index (χ1n) is 11.4. The third-order valence-corrected chi connectivity index (χ3v) is 5.53. The van der Waals surface area contributed by atoms with Gasteiger partial charge >= 0.3 is 6.09 Å². The second-order valence-electron chi connectivity index (χ2n) is 7.98. The van der Waals surface area contributed by atoms with E-state index in [0.29, 0.717) is 24.3 Å². The van der Waals surface area contributed by atoms with E-state index in [-0.39, 0.29) is 12.1 Å². The molecular formula is C25H29N5O3. The summed E-state index contributed by atoms with van der Waals surface area (Å²) in [6.07, 6.45) is 2.21. The molecule has 0 unspecified atom stereocenters. The van der Waals surface area contributed by atoms with Crippen LogP contribution in [0.15, 0.2) is 54.6 Å². The molecule has 0 aliphatic carbocycles. The van der Waals surface area contributed by atoms with Crippen molar-refractivity contribution >= 4 is 18.0 Å². The van der Waals surface area contributed by atoms with Crippen LogP contribution in [0.2, 0.25) is 0 Å². The first kappa shape index (κ1) is 22.5. The minimum atomic E-state index is -0.419. The Morgan fingerprint density at radius 3 is 2.48 bits per heavy atom. The number of para-hydroxylation sites is 1. The van der Waals surface area contributed by atoms with Crippen LogP contribution in [0, 0.1) is 6.92 Å². The van der Waals surface area contributed by atoms with Gasteiger partial charge in [0.15, 0.2) is 0 Å². The molecule has 1 aliphatic heterocycles. The minimum absolute atomic E-state index is 0.00271. The predicted octanol–water partition coefficient (Wildman–Crippen LogP) is 5.66. The largest absolute Gasteiger partial charge is 0.457 e. The molecule has 2 heterocycles. The molecule has 3 aromatic rings. The van der Waals surface area contributed by atoms with Crippen molar-refractivity contribution in [3.8, 4) is 11.5 Å². The number of carbonyl (C=O) groups excluding carboxylic acids is 1. The van der Waals surface area contributed by atoms with Gasteiger partial charge in [-0.25, -0.2) is 9.69 Å². The maximum Gasteiger partial charge on any atom is 0.417 e. The van der Waals surface area contributed by atoms with Crippen LogP contribution in [0.25, 0.3) is 0 Å². The van der Waals surface area contributed by atoms with Crippen molar-refractivity contribution in [1.29, 1.82) is 0 Å². The number of ether oxygens (including phenoxy) is 2. The first-order valence-corrected chi connectivity index (χ1v) is 11.4. The summed E-state index contributed by atoms with van der Waals surface area (Å²) in [7, 11) is 0. The van der Waals surface area contributed by atoms with Crippen molar-refractivity contribution in [3.05, 3.63) is 66.0 Å². The van der Waals surface area contributed by atoms with Gasteiger partial charge in [0, 0.05) is 0 Å². The lowest BCUT2D eigenvalue weighted by Crippen LogP contribution is -2.34. The van der Waals surface area contributed by atoms with Gasteiger partial charge in [0.25, 0.3) is 0 Å². The van der Waals surface area contributed by atoms with Crippen LogP contribution < -0.4 is 15.0 Å². The lowest BCUT2D eigenvalue weighted by molar-refractivity contribution is 0.178. The molecule has 1 fully saturated rings. The second-order valence-corrected chi connectivity index (χ2v) is 7.98. The highest BCUT2D eigenvalue weighted by Gasteiger charge is 2.35. The molecule has 0 spiro atoms. The fourth-order valence-corrected chi connectivity index (χ4v) is 3.81. The molecule has 1 N–H and O–H groups in total. The molecule has 1 saturated heterocycles. The van der Waals surface area contributed by atoms with E-state index < -0.39 is 6.09 Å². The average Bonchev–Trinajstić information content (AvgIpc) is 3.20. The van der Waals surface area contributed by atoms with Crippen LogP contribution in [0.1, 0.15) is 50.5 Å². The van der Waals surface area contributed by atoms with Gasteiger partial charge in [-0.3, -0.25) is 0 Å². The van der Waals surface area contributed by atoms with Crippen LogP contribution in [-0.4, -0.2) is 33.7 Å². The molecule has 0 saturated carbocycles. The van der Waals surface area contributed by atoms with Crippen molar-refractivity contribution in [1.82, 2.24) is 15.0 Å². The van der Waals surface area contributed by atoms with Gasteiger partial charge in [0.2, 0.25) is 11.9 Å². The van der Waals surface area contributed by atoms with Crippen molar-refractivity contribution in [2.45, 2.75) is 52.1 Å². The fraction of sp³-hybridized carbons (Fsp3) is 0.360. The van der Waals surface area contributed by atoms with E-state index in [2.05, 4.69) is 27.2 Å². The van der Waals surface area contributed by atoms with E-state index in [1.165, 1.54) is 4.90 Å². The van der Waals surface area contributed by atoms with Gasteiger partial charge in [-0.2, -0.15) is 15.0 Å². The van der Waals surface area contributed by atoms with E-state index in [0.717, 1.165) is 36.3 Å². The Kier molecular flexibility index (Phi) is 7.02. The van der Waals surface area contributed by atoms with Crippen LogP contribution in [0.3, 0.4) is 0 Å². The highest BCUT2D eigenvalue weighted by atomic mass is 16.6. The molecule has 1 aromatic heterocycles. The van der Waals surface area contributed by atoms with Gasteiger partial charge in [-0.05, 0) is 49.6 Å². The Morgan fingerprint density at radius 1 is 1.06 bits per heavy atom. The molecular weight excluding hydrogens is 418 g/mol. The van der Waals surface area contributed by atoms with Gasteiger partial charge in [-0.15, -0.1) is 0 Å². The number of carbonyl (C=O) groups is 1. The number of amides is 1. The first-order chi connectivity index (χ1) is 16.1. The van der Waals surface area contributed by atoms with Crippen LogP contribution >= 0.6 is 0 Å². The number of nitrogens with one attached hydrogen (secondary N) is 1. The van der Waals surface area contributed by atoms with E-state index in [1.807, 2.05) is 61.5 Å². The second kappa shape index (κ2) is 10.3. The number of nitrogens with zero attached hydrogens (tertiary/aromatic N) is 4. The molecule has 0 bridgehead atoms. The van der Waals surface area contributed by atoms with Crippen LogP contribution in [0.4, 0.5) is 16.7 Å². The number of hydrogen-bond donors (Lipinski definition) is 1. The summed E-state index contributed by atoms with van der Waals surface area (Å²) in [6, 6.07) is 17.6. The van der Waals surface area contributed by atoms with E-state index in [9.17, 15) is 4.79 Å². The van der Waals surface area contributed by atoms with Crippen molar-refractivity contribution in [2.24, 2.45) is 0 Å². The zero-order chi connectivity index (χ0) is 23.2. The number of benzene rings is 2. The van der Waals surface area contributed by atoms with E-state index in [1.54, 1.807) is 6.92 Å². The quantitative estimate of drug-likeness (QED) is 0.452. The Bertz CT molecular complexity index is 1080. The third-order valence-electron chi connectivity index (χ3n) is 5.53. The Balaban J connectivity index is 1.53. The van der Waals surface area contributed by atoms with Crippen molar-refractivity contribution in [2.75, 3.05) is 16.8 Å².